The highest BCUT2D eigenvalue weighted by Gasteiger charge is 2.38. The van der Waals surface area contributed by atoms with Crippen LogP contribution < -0.4 is 4.74 Å². The summed E-state index contributed by atoms with van der Waals surface area (Å²) in [4.78, 5) is 18.3. The Morgan fingerprint density at radius 3 is 2.60 bits per heavy atom. The molecule has 1 fully saturated rings. The first-order valence-electron chi connectivity index (χ1n) is 9.67. The van der Waals surface area contributed by atoms with E-state index in [1.54, 1.807) is 42.4 Å². The smallest absolute Gasteiger partial charge is 0.449 e. The van der Waals surface area contributed by atoms with Crippen molar-refractivity contribution in [1.29, 1.82) is 0 Å². The number of carbonyl (C=O) groups excluding carboxylic acids is 1. The zero-order chi connectivity index (χ0) is 21.5. The molecule has 2 aromatic heterocycles. The molecule has 0 atom stereocenters. The molecule has 4 rings (SSSR count). The van der Waals surface area contributed by atoms with E-state index in [-0.39, 0.29) is 24.2 Å². The third-order valence-corrected chi connectivity index (χ3v) is 5.47. The van der Waals surface area contributed by atoms with Gasteiger partial charge in [-0.05, 0) is 30.9 Å². The molecule has 0 radical (unpaired) electrons. The molecule has 1 aromatic carbocycles. The van der Waals surface area contributed by atoms with E-state index in [1.165, 1.54) is 16.4 Å². The first-order chi connectivity index (χ1) is 14.3. The summed E-state index contributed by atoms with van der Waals surface area (Å²) in [6, 6.07) is 6.63. The van der Waals surface area contributed by atoms with Gasteiger partial charge < -0.3 is 14.2 Å². The van der Waals surface area contributed by atoms with Crippen molar-refractivity contribution in [3.05, 3.63) is 41.9 Å². The van der Waals surface area contributed by atoms with E-state index in [2.05, 4.69) is 10.1 Å². The van der Waals surface area contributed by atoms with Crippen molar-refractivity contribution in [3.63, 3.8) is 0 Å². The predicted octanol–water partition coefficient (Wildman–Crippen LogP) is 3.35. The Labute approximate surface area is 171 Å². The number of alkyl halides is 3. The second-order valence-electron chi connectivity index (χ2n) is 7.49. The Bertz CT molecular complexity index is 1060. The van der Waals surface area contributed by atoms with E-state index in [9.17, 15) is 18.0 Å². The molecule has 160 valence electrons. The molecule has 10 heteroatoms. The van der Waals surface area contributed by atoms with Crippen molar-refractivity contribution in [2.75, 3.05) is 20.2 Å². The summed E-state index contributed by atoms with van der Waals surface area (Å²) < 4.78 is 48.5. The molecule has 3 heterocycles. The van der Waals surface area contributed by atoms with Gasteiger partial charge in [-0.3, -0.25) is 9.48 Å². The molecule has 7 nitrogen and oxygen atoms in total. The van der Waals surface area contributed by atoms with Crippen molar-refractivity contribution in [2.24, 2.45) is 13.0 Å². The molecule has 0 N–H and O–H groups in total. The third-order valence-electron chi connectivity index (χ3n) is 5.47. The molecule has 0 saturated carbocycles. The van der Waals surface area contributed by atoms with Gasteiger partial charge in [0, 0.05) is 32.9 Å². The predicted molar refractivity (Wildman–Crippen MR) is 103 cm³/mol. The highest BCUT2D eigenvalue weighted by atomic mass is 19.4. The molecule has 1 saturated heterocycles. The van der Waals surface area contributed by atoms with Crippen LogP contribution in [-0.2, 0) is 19.8 Å². The summed E-state index contributed by atoms with van der Waals surface area (Å²) in [7, 11) is 3.16. The number of nitrogens with zero attached hydrogens (tertiary/aromatic N) is 5. The number of para-hydroxylation sites is 2. The molecule has 1 amide bonds. The molecule has 0 aliphatic carbocycles. The fraction of sp³-hybridized carbons (Fsp3) is 0.450. The molecule has 30 heavy (non-hydrogen) atoms. The van der Waals surface area contributed by atoms with E-state index in [1.807, 2.05) is 0 Å². The van der Waals surface area contributed by atoms with Crippen LogP contribution in [0.2, 0.25) is 0 Å². The van der Waals surface area contributed by atoms with Crippen molar-refractivity contribution in [1.82, 2.24) is 24.2 Å². The topological polar surface area (TPSA) is 65.2 Å². The zero-order valence-corrected chi connectivity index (χ0v) is 16.7. The van der Waals surface area contributed by atoms with Gasteiger partial charge in [0.25, 0.3) is 5.91 Å². The lowest BCUT2D eigenvalue weighted by Crippen LogP contribution is -2.39. The largest absolute Gasteiger partial charge is 0.479 e. The van der Waals surface area contributed by atoms with Gasteiger partial charge in [0.1, 0.15) is 5.56 Å². The van der Waals surface area contributed by atoms with Crippen LogP contribution in [0, 0.1) is 5.92 Å². The van der Waals surface area contributed by atoms with Crippen LogP contribution in [0.15, 0.2) is 30.5 Å². The van der Waals surface area contributed by atoms with Crippen LogP contribution in [0.4, 0.5) is 13.2 Å². The minimum absolute atomic E-state index is 0.0172. The summed E-state index contributed by atoms with van der Waals surface area (Å²) in [5, 5.41) is 4.10. The number of rotatable bonds is 4. The van der Waals surface area contributed by atoms with E-state index in [0.29, 0.717) is 42.5 Å². The van der Waals surface area contributed by atoms with E-state index >= 15 is 0 Å². The quantitative estimate of drug-likeness (QED) is 0.648. The third kappa shape index (κ3) is 3.73. The van der Waals surface area contributed by atoms with Crippen LogP contribution in [-0.4, -0.2) is 50.3 Å². The van der Waals surface area contributed by atoms with Crippen LogP contribution in [0.25, 0.3) is 11.0 Å². The number of piperidine rings is 1. The summed E-state index contributed by atoms with van der Waals surface area (Å²) in [5.41, 5.74) is 1.20. The number of halogens is 3. The Balaban J connectivity index is 1.49. The number of benzene rings is 1. The minimum Gasteiger partial charge on any atom is -0.479 e. The first kappa shape index (κ1) is 20.2. The monoisotopic (exact) mass is 421 g/mol. The maximum Gasteiger partial charge on any atom is 0.449 e. The number of hydrogen-bond donors (Lipinski definition) is 0. The molecule has 0 bridgehead atoms. The van der Waals surface area contributed by atoms with E-state index < -0.39 is 12.0 Å². The highest BCUT2D eigenvalue weighted by molar-refractivity contribution is 5.96. The SMILES string of the molecule is COc1nn(C)cc1C(=O)N1CCC(Cn2c(C(F)(F)F)nc3ccccc32)CC1. The van der Waals surface area contributed by atoms with Gasteiger partial charge in [0.05, 0.1) is 18.1 Å². The fourth-order valence-electron chi connectivity index (χ4n) is 3.99. The average molecular weight is 421 g/mol. The highest BCUT2D eigenvalue weighted by Crippen LogP contribution is 2.33. The van der Waals surface area contributed by atoms with Crippen LogP contribution >= 0.6 is 0 Å². The number of ether oxygens (including phenoxy) is 1. The second-order valence-corrected chi connectivity index (χ2v) is 7.49. The van der Waals surface area contributed by atoms with Gasteiger partial charge >= 0.3 is 6.18 Å². The van der Waals surface area contributed by atoms with E-state index in [4.69, 9.17) is 4.74 Å². The van der Waals surface area contributed by atoms with Crippen molar-refractivity contribution < 1.29 is 22.7 Å². The first-order valence-corrected chi connectivity index (χ1v) is 9.67. The molecule has 1 aliphatic heterocycles. The normalized spacial score (nSPS) is 15.7. The average Bonchev–Trinajstić information content (AvgIpc) is 3.28. The summed E-state index contributed by atoms with van der Waals surface area (Å²) in [6.07, 6.45) is -1.69. The lowest BCUT2D eigenvalue weighted by molar-refractivity contribution is -0.147. The molecule has 3 aromatic rings. The Morgan fingerprint density at radius 2 is 1.93 bits per heavy atom. The van der Waals surface area contributed by atoms with Gasteiger partial charge in [0.2, 0.25) is 11.7 Å². The maximum atomic E-state index is 13.5. The molecular formula is C20H22F3N5O2. The molecule has 0 spiro atoms. The number of hydrogen-bond acceptors (Lipinski definition) is 4. The minimum atomic E-state index is -4.52. The number of fused-ring (bicyclic) bond motifs is 1. The summed E-state index contributed by atoms with van der Waals surface area (Å²) >= 11 is 0. The summed E-state index contributed by atoms with van der Waals surface area (Å²) in [6.45, 7) is 1.15. The van der Waals surface area contributed by atoms with Crippen molar-refractivity contribution in [2.45, 2.75) is 25.6 Å². The fourth-order valence-corrected chi connectivity index (χ4v) is 3.99. The van der Waals surface area contributed by atoms with Gasteiger partial charge in [-0.2, -0.15) is 13.2 Å². The van der Waals surface area contributed by atoms with Crippen LogP contribution in [0.5, 0.6) is 5.88 Å². The number of imidazole rings is 1. The van der Waals surface area contributed by atoms with Gasteiger partial charge in [-0.25, -0.2) is 4.98 Å². The number of methoxy groups -OCH3 is 1. The standard InChI is InChI=1S/C20H22F3N5O2/c1-26-12-14(17(25-26)30-2)18(29)27-9-7-13(8-10-27)11-28-16-6-4-3-5-15(16)24-19(28)20(21,22)23/h3-6,12-13H,7-11H2,1-2H3. The molecule has 1 aliphatic rings. The molecular weight excluding hydrogens is 399 g/mol. The van der Waals surface area contributed by atoms with Crippen molar-refractivity contribution in [3.8, 4) is 5.88 Å². The number of likely N-dealkylation sites (tertiary alicyclic amines) is 1. The van der Waals surface area contributed by atoms with Crippen LogP contribution in [0.3, 0.4) is 0 Å². The second kappa shape index (κ2) is 7.66. The Kier molecular flexibility index (Phi) is 5.17. The lowest BCUT2D eigenvalue weighted by Gasteiger charge is -2.32. The number of carbonyl (C=O) groups is 1. The van der Waals surface area contributed by atoms with Crippen LogP contribution in [0.1, 0.15) is 29.0 Å². The van der Waals surface area contributed by atoms with Gasteiger partial charge in [0.15, 0.2) is 0 Å². The van der Waals surface area contributed by atoms with E-state index in [0.717, 1.165) is 0 Å². The van der Waals surface area contributed by atoms with Crippen molar-refractivity contribution >= 4 is 16.9 Å². The molecule has 0 unspecified atom stereocenters. The number of amides is 1. The van der Waals surface area contributed by atoms with Gasteiger partial charge in [-0.1, -0.05) is 12.1 Å². The zero-order valence-electron chi connectivity index (χ0n) is 16.7. The number of aromatic nitrogens is 4. The Morgan fingerprint density at radius 1 is 1.23 bits per heavy atom. The number of aryl methyl sites for hydroxylation is 1. The summed E-state index contributed by atoms with van der Waals surface area (Å²) in [5.74, 6) is -0.766. The maximum absolute atomic E-state index is 13.5. The Hall–Kier alpha value is -3.04. The van der Waals surface area contributed by atoms with Gasteiger partial charge in [-0.15, -0.1) is 5.10 Å². The lowest BCUT2D eigenvalue weighted by atomic mass is 9.96.